The molecule has 0 saturated carbocycles. The molecule has 4 fully saturated rings. The van der Waals surface area contributed by atoms with Crippen LogP contribution in [0.1, 0.15) is 121 Å². The molecule has 7 rings (SSSR count). The van der Waals surface area contributed by atoms with Gasteiger partial charge in [0.2, 0.25) is 5.89 Å². The number of nitrogens with zero attached hydrogens (tertiary/aromatic N) is 2. The first-order valence-electron chi connectivity index (χ1n) is 24.1. The first kappa shape index (κ1) is 51.6. The van der Waals surface area contributed by atoms with Crippen LogP contribution in [0, 0.1) is 11.8 Å². The topological polar surface area (TPSA) is 194 Å². The van der Waals surface area contributed by atoms with E-state index in [4.69, 9.17) is 52.0 Å². The second-order valence-corrected chi connectivity index (χ2v) is 19.4. The van der Waals surface area contributed by atoms with E-state index in [1.54, 1.807) is 38.7 Å². The van der Waals surface area contributed by atoms with Gasteiger partial charge in [-0.3, -0.25) is 0 Å². The van der Waals surface area contributed by atoms with Gasteiger partial charge in [0.15, 0.2) is 11.7 Å². The number of methoxy groups -OCH3 is 2. The van der Waals surface area contributed by atoms with Crippen molar-refractivity contribution in [3.8, 4) is 0 Å². The van der Waals surface area contributed by atoms with Crippen LogP contribution in [-0.4, -0.2) is 118 Å². The van der Waals surface area contributed by atoms with Crippen LogP contribution < -0.4 is 0 Å². The fourth-order valence-electron chi connectivity index (χ4n) is 10.3. The number of allylic oxidation sites excluding steroid dienone is 2. The molecule has 0 spiro atoms. The van der Waals surface area contributed by atoms with Crippen molar-refractivity contribution in [3.05, 3.63) is 108 Å². The maximum absolute atomic E-state index is 13.5. The Morgan fingerprint density at radius 3 is 2.54 bits per heavy atom. The van der Waals surface area contributed by atoms with Crippen LogP contribution in [0.25, 0.3) is 12.2 Å². The molecule has 15 nitrogen and oxygen atoms in total. The zero-order valence-electron chi connectivity index (χ0n) is 40.4. The molecule has 0 radical (unpaired) electrons. The second kappa shape index (κ2) is 23.5. The van der Waals surface area contributed by atoms with Gasteiger partial charge < -0.3 is 57.3 Å². The maximum Gasteiger partial charge on any atom is 0.330 e. The number of rotatable bonds is 12. The molecule has 15 heteroatoms. The molecule has 3 N–H and O–H groups in total. The van der Waals surface area contributed by atoms with Crippen LogP contribution in [0.5, 0.6) is 0 Å². The molecular weight excluding hydrogens is 873 g/mol. The molecular formula is C53H72N2O13. The van der Waals surface area contributed by atoms with Crippen molar-refractivity contribution in [1.82, 2.24) is 9.97 Å². The van der Waals surface area contributed by atoms with Gasteiger partial charge in [0.25, 0.3) is 0 Å². The number of aromatic nitrogens is 2. The summed E-state index contributed by atoms with van der Waals surface area (Å²) < 4.78 is 55.1. The summed E-state index contributed by atoms with van der Waals surface area (Å²) in [4.78, 5) is 23.0. The monoisotopic (exact) mass is 945 g/mol. The third-order valence-corrected chi connectivity index (χ3v) is 13.8. The number of hydrogen-bond acceptors (Lipinski definition) is 15. The van der Waals surface area contributed by atoms with E-state index in [1.165, 1.54) is 12.3 Å². The van der Waals surface area contributed by atoms with Crippen molar-refractivity contribution in [2.45, 2.75) is 177 Å². The summed E-state index contributed by atoms with van der Waals surface area (Å²) in [6.07, 6.45) is 19.2. The van der Waals surface area contributed by atoms with E-state index in [9.17, 15) is 20.1 Å². The van der Waals surface area contributed by atoms with E-state index < -0.39 is 48.4 Å². The van der Waals surface area contributed by atoms with Crippen LogP contribution in [0.3, 0.4) is 0 Å². The van der Waals surface area contributed by atoms with Crippen LogP contribution in [0.4, 0.5) is 0 Å². The number of aliphatic hydroxyl groups is 3. The highest BCUT2D eigenvalue weighted by atomic mass is 16.6. The number of carbonyl (C=O) groups is 1. The fraction of sp³-hybridized carbons (Fsp3) is 0.604. The first-order valence-corrected chi connectivity index (χ1v) is 24.1. The predicted molar refractivity (Wildman–Crippen MR) is 254 cm³/mol. The summed E-state index contributed by atoms with van der Waals surface area (Å²) in [7, 11) is 3.21. The summed E-state index contributed by atoms with van der Waals surface area (Å²) in [5.74, 6) is -1.94. The van der Waals surface area contributed by atoms with Crippen LogP contribution in [0.2, 0.25) is 0 Å². The molecule has 68 heavy (non-hydrogen) atoms. The fourth-order valence-corrected chi connectivity index (χ4v) is 10.3. The molecule has 0 aromatic carbocycles. The Labute approximate surface area is 400 Å². The Balaban J connectivity index is 1.07. The molecule has 372 valence electrons. The minimum Gasteiger partial charge on any atom is -0.458 e. The van der Waals surface area contributed by atoms with Crippen LogP contribution in [-0.2, 0) is 44.4 Å². The number of oxazole rings is 2. The van der Waals surface area contributed by atoms with Gasteiger partial charge in [-0.1, -0.05) is 68.0 Å². The lowest BCUT2D eigenvalue weighted by Crippen LogP contribution is -2.51. The Morgan fingerprint density at radius 2 is 1.76 bits per heavy atom. The molecule has 0 aliphatic carbocycles. The van der Waals surface area contributed by atoms with E-state index in [-0.39, 0.29) is 67.2 Å². The Hall–Kier alpha value is -4.29. The summed E-state index contributed by atoms with van der Waals surface area (Å²) in [5.41, 5.74) is 3.86. The highest BCUT2D eigenvalue weighted by Crippen LogP contribution is 2.40. The molecule has 15 atom stereocenters. The second-order valence-electron chi connectivity index (χ2n) is 19.4. The third-order valence-electron chi connectivity index (χ3n) is 13.8. The van der Waals surface area contributed by atoms with Gasteiger partial charge in [-0.2, -0.15) is 0 Å². The van der Waals surface area contributed by atoms with Gasteiger partial charge in [-0.05, 0) is 70.1 Å². The lowest BCUT2D eigenvalue weighted by atomic mass is 9.79. The van der Waals surface area contributed by atoms with Gasteiger partial charge in [0.05, 0.1) is 67.5 Å². The van der Waals surface area contributed by atoms with Crippen molar-refractivity contribution in [2.75, 3.05) is 14.2 Å². The third kappa shape index (κ3) is 13.7. The maximum atomic E-state index is 13.5. The van der Waals surface area contributed by atoms with E-state index >= 15 is 0 Å². The van der Waals surface area contributed by atoms with Gasteiger partial charge >= 0.3 is 5.97 Å². The number of aliphatic hydroxyl groups excluding tert-OH is 2. The summed E-state index contributed by atoms with van der Waals surface area (Å²) in [6.45, 7) is 15.9. The lowest BCUT2D eigenvalue weighted by Gasteiger charge is -2.44. The van der Waals surface area contributed by atoms with Crippen molar-refractivity contribution in [1.29, 1.82) is 0 Å². The lowest BCUT2D eigenvalue weighted by molar-refractivity contribution is -0.286. The summed E-state index contributed by atoms with van der Waals surface area (Å²) in [5, 5.41) is 33.9. The average molecular weight is 945 g/mol. The largest absolute Gasteiger partial charge is 0.458 e. The number of fused-ring (bicyclic) bond motifs is 9. The molecule has 0 amide bonds. The zero-order chi connectivity index (χ0) is 48.5. The minimum absolute atomic E-state index is 0.0825. The molecule has 2 aromatic rings. The normalized spacial score (nSPS) is 36.3. The van der Waals surface area contributed by atoms with Gasteiger partial charge in [-0.15, -0.1) is 6.58 Å². The molecule has 5 aliphatic heterocycles. The van der Waals surface area contributed by atoms with Crippen molar-refractivity contribution >= 4 is 18.1 Å². The van der Waals surface area contributed by atoms with Crippen LogP contribution >= 0.6 is 0 Å². The Kier molecular flexibility index (Phi) is 17.9. The van der Waals surface area contributed by atoms with E-state index in [1.807, 2.05) is 58.1 Å². The number of hydrogen-bond donors (Lipinski definition) is 3. The summed E-state index contributed by atoms with van der Waals surface area (Å²) >= 11 is 0. The zero-order valence-corrected chi connectivity index (χ0v) is 40.4. The molecule has 4 saturated heterocycles. The van der Waals surface area contributed by atoms with Crippen molar-refractivity contribution < 1.29 is 62.1 Å². The van der Waals surface area contributed by atoms with Gasteiger partial charge in [0.1, 0.15) is 36.1 Å². The molecule has 5 aliphatic rings. The number of carbonyl (C=O) groups excluding carboxylic acids is 1. The Bertz CT molecular complexity index is 2170. The minimum atomic E-state index is -1.73. The van der Waals surface area contributed by atoms with E-state index in [2.05, 4.69) is 13.2 Å². The van der Waals surface area contributed by atoms with Gasteiger partial charge in [-0.25, -0.2) is 14.8 Å². The van der Waals surface area contributed by atoms with Gasteiger partial charge in [0, 0.05) is 57.8 Å². The SMILES string of the molecule is C=CC[C@H](/C=C/C(C)=C/[C@@H](O)[C@H]1C[C@@H](OC)C[C@@](O)(Cc2nc(/C=C(\C)[C@@H]3O[C@@H]4C/C=C\c5nc(co5)[C@H]5C[C@H](O)C[C@@H](C[C@H]6CC(=C)C[C@H](C/C=C\C(=O)O[C@@H]([C@H]4C)[C@H]3C)O6)O5)co2)O1)OC. The van der Waals surface area contributed by atoms with E-state index in [0.29, 0.717) is 75.1 Å². The average Bonchev–Trinajstić information content (AvgIpc) is 3.95. The quantitative estimate of drug-likeness (QED) is 0.105. The molecule has 0 unspecified atom stereocenters. The molecule has 8 bridgehead atoms. The van der Waals surface area contributed by atoms with Crippen LogP contribution in [0.15, 0.2) is 93.8 Å². The van der Waals surface area contributed by atoms with Crippen molar-refractivity contribution in [3.63, 3.8) is 0 Å². The number of esters is 1. The molecule has 7 heterocycles. The first-order chi connectivity index (χ1) is 32.6. The predicted octanol–water partition coefficient (Wildman–Crippen LogP) is 8.04. The number of ether oxygens (including phenoxy) is 7. The highest BCUT2D eigenvalue weighted by molar-refractivity contribution is 5.82. The smallest absolute Gasteiger partial charge is 0.330 e. The molecule has 2 aromatic heterocycles. The van der Waals surface area contributed by atoms with Crippen molar-refractivity contribution in [2.24, 2.45) is 11.8 Å². The Morgan fingerprint density at radius 1 is 0.971 bits per heavy atom. The standard InChI is InChI=1S/C53H72N2O13/c1-9-12-38(60-7)18-17-31(2)21-44(57)47-26-42(61-8)27-53(59,68-47)28-49-54-36(29-62-49)22-33(4)51-35(6)52-34(5)45(66-51)14-11-15-48-55-43(30-63-48)46-24-37(56)23-41(65-46)25-40-20-32(3)19-39(64-40)13-10-16-50(58)67-52/h9-11,15-18,21-22,29-30,34-35,37-42,44-47,51-52,56-57,59H,1,3,12-14,19-20,23-28H2,2,4-8H3/b15-11-,16-10-,18-17+,31-21+,33-22+/t34-,35-,37+,38+,39-,40+,41-,42+,44+,45+,46+,47+,51-,52-,53-/m0/s1. The highest BCUT2D eigenvalue weighted by Gasteiger charge is 2.45. The van der Waals surface area contributed by atoms with E-state index in [0.717, 1.165) is 16.7 Å². The summed E-state index contributed by atoms with van der Waals surface area (Å²) in [6, 6.07) is 0.